The molecule has 0 radical (unpaired) electrons. The van der Waals surface area contributed by atoms with Gasteiger partial charge in [-0.1, -0.05) is 19.9 Å². The van der Waals surface area contributed by atoms with Crippen LogP contribution in [0.3, 0.4) is 0 Å². The Kier molecular flexibility index (Phi) is 5.51. The van der Waals surface area contributed by atoms with Gasteiger partial charge in [0.05, 0.1) is 10.6 Å². The van der Waals surface area contributed by atoms with Crippen LogP contribution in [0.15, 0.2) is 47.4 Å². The molecule has 1 heterocycles. The SMILES string of the molecule is CC(C)CC(=O)Nc1ccc2c(c1)N(S(=O)(=O)c1ccc(F)cc1)CCC2. The van der Waals surface area contributed by atoms with Crippen LogP contribution < -0.4 is 9.62 Å². The Labute approximate surface area is 159 Å². The van der Waals surface area contributed by atoms with Crippen LogP contribution in [0, 0.1) is 11.7 Å². The maximum atomic E-state index is 13.2. The molecule has 0 aliphatic carbocycles. The number of hydrogen-bond donors (Lipinski definition) is 1. The van der Waals surface area contributed by atoms with Crippen LogP contribution in [0.5, 0.6) is 0 Å². The molecule has 0 saturated heterocycles. The van der Waals surface area contributed by atoms with E-state index in [1.165, 1.54) is 16.4 Å². The predicted molar refractivity (Wildman–Crippen MR) is 104 cm³/mol. The zero-order chi connectivity index (χ0) is 19.6. The molecule has 27 heavy (non-hydrogen) atoms. The summed E-state index contributed by atoms with van der Waals surface area (Å²) in [5, 5.41) is 2.83. The second-order valence-corrected chi connectivity index (χ2v) is 8.99. The molecule has 0 unspecified atom stereocenters. The highest BCUT2D eigenvalue weighted by Gasteiger charge is 2.29. The molecule has 0 fully saturated rings. The second-order valence-electron chi connectivity index (χ2n) is 7.12. The smallest absolute Gasteiger partial charge is 0.264 e. The van der Waals surface area contributed by atoms with Crippen molar-refractivity contribution in [3.8, 4) is 0 Å². The number of amides is 1. The molecule has 1 N–H and O–H groups in total. The average Bonchev–Trinajstić information content (AvgIpc) is 2.60. The van der Waals surface area contributed by atoms with E-state index >= 15 is 0 Å². The fraction of sp³-hybridized carbons (Fsp3) is 0.350. The van der Waals surface area contributed by atoms with Crippen LogP contribution >= 0.6 is 0 Å². The van der Waals surface area contributed by atoms with Gasteiger partial charge < -0.3 is 5.32 Å². The van der Waals surface area contributed by atoms with E-state index in [2.05, 4.69) is 5.32 Å². The first-order chi connectivity index (χ1) is 12.8. The van der Waals surface area contributed by atoms with Gasteiger partial charge >= 0.3 is 0 Å². The monoisotopic (exact) mass is 390 g/mol. The van der Waals surface area contributed by atoms with Crippen LogP contribution in [-0.4, -0.2) is 20.9 Å². The Balaban J connectivity index is 1.93. The van der Waals surface area contributed by atoms with Crippen molar-refractivity contribution in [2.75, 3.05) is 16.2 Å². The number of anilines is 2. The van der Waals surface area contributed by atoms with Gasteiger partial charge in [-0.3, -0.25) is 9.10 Å². The molecular weight excluding hydrogens is 367 g/mol. The number of sulfonamides is 1. The number of halogens is 1. The topological polar surface area (TPSA) is 66.5 Å². The van der Waals surface area contributed by atoms with Gasteiger partial charge in [0.2, 0.25) is 5.91 Å². The number of carbonyl (C=O) groups excluding carboxylic acids is 1. The number of nitrogens with zero attached hydrogens (tertiary/aromatic N) is 1. The van der Waals surface area contributed by atoms with Crippen molar-refractivity contribution in [3.63, 3.8) is 0 Å². The molecular formula is C20H23FN2O3S. The molecule has 1 amide bonds. The van der Waals surface area contributed by atoms with E-state index in [0.717, 1.165) is 24.1 Å². The van der Waals surface area contributed by atoms with Crippen LogP contribution in [0.1, 0.15) is 32.3 Å². The lowest BCUT2D eigenvalue weighted by Crippen LogP contribution is -2.35. The minimum Gasteiger partial charge on any atom is -0.326 e. The summed E-state index contributed by atoms with van der Waals surface area (Å²) in [7, 11) is -3.80. The zero-order valence-electron chi connectivity index (χ0n) is 15.4. The van der Waals surface area contributed by atoms with Crippen LogP contribution in [-0.2, 0) is 21.2 Å². The average molecular weight is 390 g/mol. The van der Waals surface area contributed by atoms with Gasteiger partial charge in [0.1, 0.15) is 5.82 Å². The number of nitrogens with one attached hydrogen (secondary N) is 1. The number of rotatable bonds is 5. The maximum Gasteiger partial charge on any atom is 0.264 e. The molecule has 1 aliphatic rings. The Morgan fingerprint density at radius 3 is 2.56 bits per heavy atom. The number of aryl methyl sites for hydroxylation is 1. The molecule has 2 aromatic rings. The van der Waals surface area contributed by atoms with Gasteiger partial charge in [0, 0.05) is 18.7 Å². The van der Waals surface area contributed by atoms with Crippen molar-refractivity contribution < 1.29 is 17.6 Å². The van der Waals surface area contributed by atoms with Gasteiger partial charge in [-0.05, 0) is 60.7 Å². The van der Waals surface area contributed by atoms with Crippen molar-refractivity contribution in [3.05, 3.63) is 53.8 Å². The lowest BCUT2D eigenvalue weighted by Gasteiger charge is -2.31. The van der Waals surface area contributed by atoms with E-state index in [1.807, 2.05) is 19.9 Å². The zero-order valence-corrected chi connectivity index (χ0v) is 16.2. The standard InChI is InChI=1S/C20H23FN2O3S/c1-14(2)12-20(24)22-17-8-5-15-4-3-11-23(19(15)13-17)27(25,26)18-9-6-16(21)7-10-18/h5-10,13-14H,3-4,11-12H2,1-2H3,(H,22,24). The summed E-state index contributed by atoms with van der Waals surface area (Å²) < 4.78 is 40.6. The quantitative estimate of drug-likeness (QED) is 0.841. The lowest BCUT2D eigenvalue weighted by molar-refractivity contribution is -0.116. The molecule has 144 valence electrons. The summed E-state index contributed by atoms with van der Waals surface area (Å²) in [6, 6.07) is 10.2. The summed E-state index contributed by atoms with van der Waals surface area (Å²) in [6.07, 6.45) is 1.87. The first kappa shape index (κ1) is 19.4. The molecule has 5 nitrogen and oxygen atoms in total. The van der Waals surface area contributed by atoms with E-state index in [9.17, 15) is 17.6 Å². The van der Waals surface area contributed by atoms with E-state index in [0.29, 0.717) is 30.8 Å². The number of carbonyl (C=O) groups is 1. The predicted octanol–water partition coefficient (Wildman–Crippen LogP) is 3.95. The molecule has 2 aromatic carbocycles. The normalized spacial score (nSPS) is 14.1. The van der Waals surface area contributed by atoms with Gasteiger partial charge in [0.15, 0.2) is 0 Å². The first-order valence-electron chi connectivity index (χ1n) is 8.98. The van der Waals surface area contributed by atoms with E-state index in [1.54, 1.807) is 12.1 Å². The van der Waals surface area contributed by atoms with Gasteiger partial charge in [-0.15, -0.1) is 0 Å². The first-order valence-corrected chi connectivity index (χ1v) is 10.4. The number of benzene rings is 2. The molecule has 0 atom stereocenters. The minimum atomic E-state index is -3.80. The summed E-state index contributed by atoms with van der Waals surface area (Å²) in [5.74, 6) is -0.352. The Hall–Kier alpha value is -2.41. The van der Waals surface area contributed by atoms with Crippen molar-refractivity contribution in [1.29, 1.82) is 0 Å². The summed E-state index contributed by atoms with van der Waals surface area (Å²) in [4.78, 5) is 12.1. The lowest BCUT2D eigenvalue weighted by atomic mass is 10.0. The van der Waals surface area contributed by atoms with Gasteiger partial charge in [-0.2, -0.15) is 0 Å². The van der Waals surface area contributed by atoms with Crippen molar-refractivity contribution in [2.45, 2.75) is 38.0 Å². The fourth-order valence-corrected chi connectivity index (χ4v) is 4.72. The van der Waals surface area contributed by atoms with Crippen molar-refractivity contribution >= 4 is 27.3 Å². The van der Waals surface area contributed by atoms with E-state index in [-0.39, 0.29) is 16.7 Å². The largest absolute Gasteiger partial charge is 0.326 e. The highest BCUT2D eigenvalue weighted by atomic mass is 32.2. The number of hydrogen-bond acceptors (Lipinski definition) is 3. The Morgan fingerprint density at radius 2 is 1.89 bits per heavy atom. The third-order valence-electron chi connectivity index (χ3n) is 4.44. The maximum absolute atomic E-state index is 13.2. The molecule has 1 aliphatic heterocycles. The van der Waals surface area contributed by atoms with Crippen LogP contribution in [0.25, 0.3) is 0 Å². The van der Waals surface area contributed by atoms with E-state index in [4.69, 9.17) is 0 Å². The number of fused-ring (bicyclic) bond motifs is 1. The van der Waals surface area contributed by atoms with Crippen molar-refractivity contribution in [1.82, 2.24) is 0 Å². The Morgan fingerprint density at radius 1 is 1.19 bits per heavy atom. The third kappa shape index (κ3) is 4.30. The van der Waals surface area contributed by atoms with Crippen molar-refractivity contribution in [2.24, 2.45) is 5.92 Å². The highest BCUT2D eigenvalue weighted by Crippen LogP contribution is 2.34. The van der Waals surface area contributed by atoms with E-state index < -0.39 is 15.8 Å². The fourth-order valence-electron chi connectivity index (χ4n) is 3.19. The summed E-state index contributed by atoms with van der Waals surface area (Å²) in [6.45, 7) is 4.27. The van der Waals surface area contributed by atoms with Crippen LogP contribution in [0.2, 0.25) is 0 Å². The molecule has 3 rings (SSSR count). The van der Waals surface area contributed by atoms with Crippen LogP contribution in [0.4, 0.5) is 15.8 Å². The second kappa shape index (κ2) is 7.68. The third-order valence-corrected chi connectivity index (χ3v) is 6.27. The summed E-state index contributed by atoms with van der Waals surface area (Å²) in [5.41, 5.74) is 2.04. The molecule has 0 spiro atoms. The minimum absolute atomic E-state index is 0.0472. The highest BCUT2D eigenvalue weighted by molar-refractivity contribution is 7.92. The molecule has 0 aromatic heterocycles. The molecule has 0 bridgehead atoms. The molecule has 7 heteroatoms. The Bertz CT molecular complexity index is 940. The summed E-state index contributed by atoms with van der Waals surface area (Å²) >= 11 is 0. The van der Waals surface area contributed by atoms with Gasteiger partial charge in [0.25, 0.3) is 10.0 Å². The molecule has 0 saturated carbocycles. The van der Waals surface area contributed by atoms with Gasteiger partial charge in [-0.25, -0.2) is 12.8 Å².